The Labute approximate surface area is 107 Å². The molecule has 4 nitrogen and oxygen atoms in total. The summed E-state index contributed by atoms with van der Waals surface area (Å²) in [6.45, 7) is 4.36. The Kier molecular flexibility index (Phi) is 3.74. The van der Waals surface area contributed by atoms with Crippen LogP contribution in [0.25, 0.3) is 0 Å². The number of nitrogens with zero attached hydrogens (tertiary/aromatic N) is 2. The van der Waals surface area contributed by atoms with Gasteiger partial charge in [-0.25, -0.2) is 0 Å². The molecule has 1 amide bonds. The molecule has 1 saturated heterocycles. The van der Waals surface area contributed by atoms with Crippen LogP contribution >= 0.6 is 11.6 Å². The average Bonchev–Trinajstić information content (AvgIpc) is 2.93. The summed E-state index contributed by atoms with van der Waals surface area (Å²) in [5.41, 5.74) is 0.689. The third kappa shape index (κ3) is 2.48. The van der Waals surface area contributed by atoms with Gasteiger partial charge in [0.25, 0.3) is 5.91 Å². The molecule has 1 unspecified atom stereocenters. The van der Waals surface area contributed by atoms with Gasteiger partial charge >= 0.3 is 0 Å². The number of rotatable bonds is 3. The Bertz CT molecular complexity index is 416. The molecule has 94 valence electrons. The largest absolute Gasteiger partial charge is 0.342 e. The molecule has 1 atom stereocenters. The molecule has 0 radical (unpaired) electrons. The molecule has 2 rings (SSSR count). The quantitative estimate of drug-likeness (QED) is 0.891. The molecule has 0 aromatic carbocycles. The van der Waals surface area contributed by atoms with Gasteiger partial charge in [0.1, 0.15) is 5.69 Å². The standard InChI is InChI=1S/C12H18ClN3O/c1-3-15-7-9(13)6-11(15)12(17)16-5-4-10(8-16)14-2/h6-7,10,14H,3-5,8H2,1-2H3. The number of aromatic nitrogens is 1. The van der Waals surface area contributed by atoms with Gasteiger partial charge in [0.15, 0.2) is 0 Å². The Balaban J connectivity index is 2.14. The summed E-state index contributed by atoms with van der Waals surface area (Å²) in [5, 5.41) is 3.83. The summed E-state index contributed by atoms with van der Waals surface area (Å²) in [4.78, 5) is 14.2. The van der Waals surface area contributed by atoms with E-state index in [2.05, 4.69) is 5.32 Å². The van der Waals surface area contributed by atoms with E-state index in [9.17, 15) is 4.79 Å². The maximum atomic E-state index is 12.3. The van der Waals surface area contributed by atoms with Crippen LogP contribution in [-0.4, -0.2) is 41.6 Å². The number of carbonyl (C=O) groups excluding carboxylic acids is 1. The monoisotopic (exact) mass is 255 g/mol. The van der Waals surface area contributed by atoms with Crippen LogP contribution in [0.4, 0.5) is 0 Å². The van der Waals surface area contributed by atoms with Gasteiger partial charge in [-0.05, 0) is 26.5 Å². The molecule has 0 saturated carbocycles. The molecule has 0 spiro atoms. The molecule has 17 heavy (non-hydrogen) atoms. The number of likely N-dealkylation sites (N-methyl/N-ethyl adjacent to an activating group) is 1. The van der Waals surface area contributed by atoms with Crippen LogP contribution in [0.15, 0.2) is 12.3 Å². The lowest BCUT2D eigenvalue weighted by atomic mass is 10.3. The van der Waals surface area contributed by atoms with E-state index in [0.717, 1.165) is 26.1 Å². The number of hydrogen-bond acceptors (Lipinski definition) is 2. The summed E-state index contributed by atoms with van der Waals surface area (Å²) in [6, 6.07) is 2.17. The zero-order valence-corrected chi connectivity index (χ0v) is 11.0. The highest BCUT2D eigenvalue weighted by molar-refractivity contribution is 6.31. The van der Waals surface area contributed by atoms with Crippen molar-refractivity contribution in [3.8, 4) is 0 Å². The van der Waals surface area contributed by atoms with Crippen molar-refractivity contribution in [2.75, 3.05) is 20.1 Å². The zero-order chi connectivity index (χ0) is 12.4. The van der Waals surface area contributed by atoms with E-state index in [1.54, 1.807) is 12.3 Å². The Hall–Kier alpha value is -1.00. The molecule has 1 N–H and O–H groups in total. The summed E-state index contributed by atoms with van der Waals surface area (Å²) in [5.74, 6) is 0.0801. The number of carbonyl (C=O) groups is 1. The minimum absolute atomic E-state index is 0.0801. The smallest absolute Gasteiger partial charge is 0.270 e. The molecule has 0 aliphatic carbocycles. The number of hydrogen-bond donors (Lipinski definition) is 1. The third-order valence-electron chi connectivity index (χ3n) is 3.31. The first-order valence-corrected chi connectivity index (χ1v) is 6.35. The van der Waals surface area contributed by atoms with E-state index in [1.807, 2.05) is 23.4 Å². The first-order chi connectivity index (χ1) is 8.15. The van der Waals surface area contributed by atoms with Crippen LogP contribution in [0, 0.1) is 0 Å². The summed E-state index contributed by atoms with van der Waals surface area (Å²) in [6.07, 6.45) is 2.82. The molecule has 5 heteroatoms. The predicted octanol–water partition coefficient (Wildman–Crippen LogP) is 1.60. The van der Waals surface area contributed by atoms with Crippen molar-refractivity contribution >= 4 is 17.5 Å². The molecular weight excluding hydrogens is 238 g/mol. The fourth-order valence-corrected chi connectivity index (χ4v) is 2.48. The molecule has 1 aromatic rings. The van der Waals surface area contributed by atoms with E-state index in [4.69, 9.17) is 11.6 Å². The van der Waals surface area contributed by atoms with Gasteiger partial charge in [-0.15, -0.1) is 0 Å². The van der Waals surface area contributed by atoms with Crippen molar-refractivity contribution < 1.29 is 4.79 Å². The number of nitrogens with one attached hydrogen (secondary N) is 1. The minimum atomic E-state index is 0.0801. The third-order valence-corrected chi connectivity index (χ3v) is 3.51. The van der Waals surface area contributed by atoms with Gasteiger partial charge in [-0.3, -0.25) is 4.79 Å². The molecular formula is C12H18ClN3O. The van der Waals surface area contributed by atoms with Gasteiger partial charge < -0.3 is 14.8 Å². The van der Waals surface area contributed by atoms with Crippen molar-refractivity contribution in [1.29, 1.82) is 0 Å². The molecule has 1 aliphatic heterocycles. The fourth-order valence-electron chi connectivity index (χ4n) is 2.26. The first kappa shape index (κ1) is 12.5. The minimum Gasteiger partial charge on any atom is -0.342 e. The zero-order valence-electron chi connectivity index (χ0n) is 10.2. The average molecular weight is 256 g/mol. The first-order valence-electron chi connectivity index (χ1n) is 5.98. The second-order valence-electron chi connectivity index (χ2n) is 4.36. The van der Waals surface area contributed by atoms with Crippen molar-refractivity contribution in [3.05, 3.63) is 23.0 Å². The van der Waals surface area contributed by atoms with E-state index in [0.29, 0.717) is 16.8 Å². The van der Waals surface area contributed by atoms with Crippen molar-refractivity contribution in [2.45, 2.75) is 25.9 Å². The number of aryl methyl sites for hydroxylation is 1. The molecule has 1 aliphatic rings. The summed E-state index contributed by atoms with van der Waals surface area (Å²) >= 11 is 5.95. The van der Waals surface area contributed by atoms with E-state index in [1.165, 1.54) is 0 Å². The highest BCUT2D eigenvalue weighted by Crippen LogP contribution is 2.18. The number of halogens is 1. The van der Waals surface area contributed by atoms with Gasteiger partial charge in [-0.1, -0.05) is 11.6 Å². The normalized spacial score (nSPS) is 19.9. The van der Waals surface area contributed by atoms with Gasteiger partial charge in [0.05, 0.1) is 5.02 Å². The molecule has 1 fully saturated rings. The van der Waals surface area contributed by atoms with E-state index >= 15 is 0 Å². The fraction of sp³-hybridized carbons (Fsp3) is 0.583. The van der Waals surface area contributed by atoms with Crippen LogP contribution < -0.4 is 5.32 Å². The van der Waals surface area contributed by atoms with Crippen LogP contribution in [0.5, 0.6) is 0 Å². The lowest BCUT2D eigenvalue weighted by Crippen LogP contribution is -2.34. The highest BCUT2D eigenvalue weighted by atomic mass is 35.5. The van der Waals surface area contributed by atoms with Gasteiger partial charge in [0, 0.05) is 31.9 Å². The van der Waals surface area contributed by atoms with Crippen LogP contribution in [0.1, 0.15) is 23.8 Å². The van der Waals surface area contributed by atoms with Crippen LogP contribution in [-0.2, 0) is 6.54 Å². The molecule has 0 bridgehead atoms. The van der Waals surface area contributed by atoms with E-state index in [-0.39, 0.29) is 5.91 Å². The summed E-state index contributed by atoms with van der Waals surface area (Å²) < 4.78 is 1.90. The van der Waals surface area contributed by atoms with Crippen molar-refractivity contribution in [1.82, 2.24) is 14.8 Å². The molecule has 2 heterocycles. The SMILES string of the molecule is CCn1cc(Cl)cc1C(=O)N1CCC(NC)C1. The maximum Gasteiger partial charge on any atom is 0.270 e. The van der Waals surface area contributed by atoms with Crippen LogP contribution in [0.3, 0.4) is 0 Å². The topological polar surface area (TPSA) is 37.3 Å². The number of amides is 1. The Morgan fingerprint density at radius 3 is 3.00 bits per heavy atom. The lowest BCUT2D eigenvalue weighted by Gasteiger charge is -2.17. The van der Waals surface area contributed by atoms with Crippen molar-refractivity contribution in [2.24, 2.45) is 0 Å². The maximum absolute atomic E-state index is 12.3. The van der Waals surface area contributed by atoms with Crippen LogP contribution in [0.2, 0.25) is 5.02 Å². The molecule has 1 aromatic heterocycles. The van der Waals surface area contributed by atoms with Gasteiger partial charge in [-0.2, -0.15) is 0 Å². The van der Waals surface area contributed by atoms with Gasteiger partial charge in [0.2, 0.25) is 0 Å². The number of likely N-dealkylation sites (tertiary alicyclic amines) is 1. The van der Waals surface area contributed by atoms with E-state index < -0.39 is 0 Å². The second-order valence-corrected chi connectivity index (χ2v) is 4.79. The van der Waals surface area contributed by atoms with Crippen molar-refractivity contribution in [3.63, 3.8) is 0 Å². The second kappa shape index (κ2) is 5.10. The predicted molar refractivity (Wildman–Crippen MR) is 68.5 cm³/mol. The highest BCUT2D eigenvalue weighted by Gasteiger charge is 2.27. The Morgan fingerprint density at radius 1 is 1.65 bits per heavy atom. The Morgan fingerprint density at radius 2 is 2.41 bits per heavy atom. The summed E-state index contributed by atoms with van der Waals surface area (Å²) in [7, 11) is 1.93. The lowest BCUT2D eigenvalue weighted by molar-refractivity contribution is 0.0779.